The van der Waals surface area contributed by atoms with Crippen LogP contribution in [-0.2, 0) is 8.91 Å². The van der Waals surface area contributed by atoms with Crippen LogP contribution in [0.3, 0.4) is 0 Å². The fourth-order valence-corrected chi connectivity index (χ4v) is 9.06. The van der Waals surface area contributed by atoms with E-state index in [1.807, 2.05) is 0 Å². The van der Waals surface area contributed by atoms with Crippen LogP contribution in [0, 0.1) is 0 Å². The molecule has 0 aliphatic carbocycles. The molecular weight excluding hydrogens is 374 g/mol. The molecule has 0 saturated carbocycles. The van der Waals surface area contributed by atoms with Crippen molar-refractivity contribution in [2.24, 2.45) is 0 Å². The lowest BCUT2D eigenvalue weighted by atomic mass is 10.3. The van der Waals surface area contributed by atoms with E-state index in [0.29, 0.717) is 6.54 Å². The van der Waals surface area contributed by atoms with Crippen LogP contribution in [0.15, 0.2) is 12.7 Å². The molecule has 0 aromatic rings. The monoisotopic (exact) mass is 423 g/mol. The number of aliphatic hydroxyl groups excluding tert-OH is 2. The zero-order valence-corrected chi connectivity index (χ0v) is 19.4. The highest BCUT2D eigenvalue weighted by molar-refractivity contribution is 6.77. The quantitative estimate of drug-likeness (QED) is 0.360. The van der Waals surface area contributed by atoms with Crippen molar-refractivity contribution in [1.29, 1.82) is 0 Å². The Hall–Kier alpha value is -0.476. The maximum absolute atomic E-state index is 11.7. The molecule has 2 N–H and O–H groups in total. The molecule has 1 atom stereocenters. The lowest BCUT2D eigenvalue weighted by Gasteiger charge is -2.28. The number of rotatable bonds is 12. The number of nitrogens with zero attached hydrogens (tertiary/aromatic N) is 1. The predicted octanol–water partition coefficient (Wildman–Crippen LogP) is 4.42. The summed E-state index contributed by atoms with van der Waals surface area (Å²) in [5.74, 6) is -0.212. The Bertz CT molecular complexity index is 351. The van der Waals surface area contributed by atoms with Gasteiger partial charge in [-0.05, 0) is 44.7 Å². The number of amides is 1. The Kier molecular flexibility index (Phi) is 25.6. The van der Waals surface area contributed by atoms with Gasteiger partial charge in [-0.1, -0.05) is 54.5 Å². The van der Waals surface area contributed by atoms with Gasteiger partial charge in [-0.2, -0.15) is 0 Å². The molecule has 0 saturated heterocycles. The van der Waals surface area contributed by atoms with Crippen LogP contribution in [-0.4, -0.2) is 64.2 Å². The van der Waals surface area contributed by atoms with E-state index in [9.17, 15) is 9.90 Å². The normalized spacial score (nSPS) is 11.4. The molecule has 5 nitrogen and oxygen atoms in total. The Morgan fingerprint density at radius 2 is 1.74 bits per heavy atom. The lowest BCUT2D eigenvalue weighted by molar-refractivity contribution is -0.127. The van der Waals surface area contributed by atoms with Gasteiger partial charge in [0.2, 0.25) is 5.91 Å². The van der Waals surface area contributed by atoms with E-state index in [1.165, 1.54) is 30.2 Å². The summed E-state index contributed by atoms with van der Waals surface area (Å²) in [6.45, 7) is 17.0. The van der Waals surface area contributed by atoms with Crippen molar-refractivity contribution in [3.8, 4) is 0 Å². The summed E-state index contributed by atoms with van der Waals surface area (Å²) in [4.78, 5) is 13.2. The second kappa shape index (κ2) is 20.3. The molecule has 1 amide bonds. The summed E-state index contributed by atoms with van der Waals surface area (Å²) in [6, 6.07) is 0.980. The van der Waals surface area contributed by atoms with Crippen molar-refractivity contribution in [2.45, 2.75) is 92.7 Å². The van der Waals surface area contributed by atoms with Gasteiger partial charge >= 0.3 is 0 Å². The topological polar surface area (TPSA) is 70.0 Å². The predicted molar refractivity (Wildman–Crippen MR) is 125 cm³/mol. The zero-order valence-electron chi connectivity index (χ0n) is 17.3. The molecule has 1 unspecified atom stereocenters. The van der Waals surface area contributed by atoms with Crippen molar-refractivity contribution in [3.63, 3.8) is 0 Å². The number of carbonyl (C=O) groups excluding carboxylic acids is 1. The van der Waals surface area contributed by atoms with Gasteiger partial charge in [-0.3, -0.25) is 4.79 Å². The molecule has 0 bridgehead atoms. The van der Waals surface area contributed by atoms with Crippen LogP contribution in [0.1, 0.15) is 54.4 Å². The molecule has 0 aliphatic rings. The van der Waals surface area contributed by atoms with Crippen LogP contribution in [0.5, 0.6) is 0 Å². The van der Waals surface area contributed by atoms with Gasteiger partial charge in [0.1, 0.15) is 0 Å². The number of unbranched alkanes of at least 4 members (excludes halogenated alkanes) is 2. The molecule has 7 heteroatoms. The summed E-state index contributed by atoms with van der Waals surface area (Å²) in [5, 5.41) is 18.3. The smallest absolute Gasteiger partial charge is 0.246 e. The van der Waals surface area contributed by atoms with Crippen LogP contribution >= 0.6 is 0 Å². The van der Waals surface area contributed by atoms with Gasteiger partial charge in [0.05, 0.1) is 12.7 Å². The minimum Gasteiger partial charge on any atom is -0.458 e. The van der Waals surface area contributed by atoms with Crippen molar-refractivity contribution < 1.29 is 19.1 Å². The Labute approximate surface area is 172 Å². The van der Waals surface area contributed by atoms with Crippen LogP contribution in [0.4, 0.5) is 0 Å². The number of hydrogen-bond donors (Lipinski definition) is 2. The number of hydrogen-bond acceptors (Lipinski definition) is 4. The van der Waals surface area contributed by atoms with E-state index in [-0.39, 0.29) is 33.9 Å². The SMILES string of the molecule is C.C.C=CC(=O)N(CCC[Si](C)(C)O[SiH](C)C)CC(O)CO.CCCCC. The first kappa shape index (κ1) is 34.1. The van der Waals surface area contributed by atoms with E-state index in [1.54, 1.807) is 0 Å². The average molecular weight is 424 g/mol. The average Bonchev–Trinajstić information content (AvgIpc) is 2.52. The van der Waals surface area contributed by atoms with Crippen LogP contribution in [0.25, 0.3) is 0 Å². The van der Waals surface area contributed by atoms with Crippen molar-refractivity contribution in [1.82, 2.24) is 4.90 Å². The van der Waals surface area contributed by atoms with E-state index < -0.39 is 23.5 Å². The van der Waals surface area contributed by atoms with Gasteiger partial charge in [-0.15, -0.1) is 0 Å². The summed E-state index contributed by atoms with van der Waals surface area (Å²) < 4.78 is 6.07. The molecule has 0 rings (SSSR count). The fourth-order valence-electron chi connectivity index (χ4n) is 2.48. The first-order chi connectivity index (χ1) is 11.6. The zero-order chi connectivity index (χ0) is 19.9. The number of carbonyl (C=O) groups is 1. The highest BCUT2D eigenvalue weighted by Gasteiger charge is 2.24. The fraction of sp³-hybridized carbons (Fsp3) is 0.850. The second-order valence-corrected chi connectivity index (χ2v) is 14.3. The van der Waals surface area contributed by atoms with Crippen molar-refractivity contribution >= 4 is 23.3 Å². The standard InChI is InChI=1S/C13H29NO4Si2.C5H12.2CH4/c1-6-13(17)14(10-12(16)11-15)8-7-9-20(4,5)18-19(2)3;1-3-5-4-2;;/h6,12,15-16,19H,1,7-11H2,2-5H3;3-5H2,1-2H3;2*1H4. The van der Waals surface area contributed by atoms with Gasteiger partial charge in [0.15, 0.2) is 17.4 Å². The summed E-state index contributed by atoms with van der Waals surface area (Å²) >= 11 is 0. The summed E-state index contributed by atoms with van der Waals surface area (Å²) in [5.41, 5.74) is 0. The molecule has 0 fully saturated rings. The molecule has 0 heterocycles. The molecule has 27 heavy (non-hydrogen) atoms. The maximum atomic E-state index is 11.7. The highest BCUT2D eigenvalue weighted by Crippen LogP contribution is 2.15. The first-order valence-electron chi connectivity index (χ1n) is 9.51. The lowest BCUT2D eigenvalue weighted by Crippen LogP contribution is -2.40. The largest absolute Gasteiger partial charge is 0.458 e. The minimum atomic E-state index is -1.64. The van der Waals surface area contributed by atoms with Crippen molar-refractivity contribution in [2.75, 3.05) is 19.7 Å². The highest BCUT2D eigenvalue weighted by atomic mass is 28.4. The van der Waals surface area contributed by atoms with Gasteiger partial charge in [-0.25, -0.2) is 0 Å². The summed E-state index contributed by atoms with van der Waals surface area (Å²) in [7, 11) is -2.67. The third-order valence-corrected chi connectivity index (χ3v) is 9.59. The Morgan fingerprint density at radius 3 is 2.07 bits per heavy atom. The second-order valence-electron chi connectivity index (χ2n) is 7.21. The van der Waals surface area contributed by atoms with Crippen LogP contribution in [0.2, 0.25) is 32.2 Å². The first-order valence-corrected chi connectivity index (χ1v) is 15.4. The third kappa shape index (κ3) is 21.7. The third-order valence-electron chi connectivity index (χ3n) is 3.60. The van der Waals surface area contributed by atoms with Crippen molar-refractivity contribution in [3.05, 3.63) is 12.7 Å². The molecular formula is C20H49NO4Si2. The Balaban J connectivity index is -0.000000333. The molecule has 166 valence electrons. The maximum Gasteiger partial charge on any atom is 0.246 e. The van der Waals surface area contributed by atoms with Gasteiger partial charge < -0.3 is 19.2 Å². The molecule has 0 aromatic carbocycles. The molecule has 0 aromatic heterocycles. The molecule has 0 aliphatic heterocycles. The Morgan fingerprint density at radius 1 is 1.22 bits per heavy atom. The minimum absolute atomic E-state index is 0. The number of aliphatic hydroxyl groups is 2. The van der Waals surface area contributed by atoms with E-state index in [2.05, 4.69) is 46.6 Å². The van der Waals surface area contributed by atoms with Gasteiger partial charge in [0, 0.05) is 13.1 Å². The van der Waals surface area contributed by atoms with Gasteiger partial charge in [0.25, 0.3) is 0 Å². The van der Waals surface area contributed by atoms with E-state index in [4.69, 9.17) is 9.22 Å². The molecule has 0 spiro atoms. The van der Waals surface area contributed by atoms with E-state index >= 15 is 0 Å². The summed E-state index contributed by atoms with van der Waals surface area (Å²) in [6.07, 6.45) is 5.26. The van der Waals surface area contributed by atoms with Crippen LogP contribution < -0.4 is 0 Å². The van der Waals surface area contributed by atoms with E-state index in [0.717, 1.165) is 12.5 Å². The molecule has 0 radical (unpaired) electrons.